The molecule has 1 aliphatic heterocycles. The van der Waals surface area contributed by atoms with E-state index in [1.54, 1.807) is 0 Å². The van der Waals surface area contributed by atoms with Gasteiger partial charge in [0.05, 0.1) is 11.0 Å². The van der Waals surface area contributed by atoms with Crippen LogP contribution in [0.3, 0.4) is 0 Å². The van der Waals surface area contributed by atoms with E-state index in [4.69, 9.17) is 4.98 Å². The van der Waals surface area contributed by atoms with Gasteiger partial charge in [-0.2, -0.15) is 0 Å². The number of nitrogens with zero attached hydrogens (tertiary/aromatic N) is 3. The molecule has 3 aromatic rings. The van der Waals surface area contributed by atoms with E-state index in [1.807, 2.05) is 30.0 Å². The highest BCUT2D eigenvalue weighted by Crippen LogP contribution is 2.21. The van der Waals surface area contributed by atoms with Crippen LogP contribution in [-0.2, 0) is 6.54 Å². The Morgan fingerprint density at radius 1 is 1.00 bits per heavy atom. The van der Waals surface area contributed by atoms with Crippen molar-refractivity contribution in [3.8, 4) is 0 Å². The van der Waals surface area contributed by atoms with Crippen molar-refractivity contribution in [3.05, 3.63) is 65.0 Å². The van der Waals surface area contributed by atoms with Crippen LogP contribution in [-0.4, -0.2) is 33.4 Å². The molecular weight excluding hydrogens is 322 g/mol. The topological polar surface area (TPSA) is 38.1 Å². The minimum absolute atomic E-state index is 0.136. The number of carbonyl (C=O) groups excluding carboxylic acids is 1. The van der Waals surface area contributed by atoms with E-state index in [0.29, 0.717) is 0 Å². The van der Waals surface area contributed by atoms with E-state index >= 15 is 0 Å². The number of fused-ring (bicyclic) bond motifs is 1. The molecule has 1 saturated heterocycles. The predicted octanol–water partition coefficient (Wildman–Crippen LogP) is 4.33. The Hall–Kier alpha value is -2.62. The summed E-state index contributed by atoms with van der Waals surface area (Å²) < 4.78 is 2.22. The third-order valence-electron chi connectivity index (χ3n) is 5.29. The number of hydrogen-bond donors (Lipinski definition) is 0. The fourth-order valence-electron chi connectivity index (χ4n) is 3.74. The number of amides is 1. The lowest BCUT2D eigenvalue weighted by atomic mass is 10.1. The first-order chi connectivity index (χ1) is 12.6. The summed E-state index contributed by atoms with van der Waals surface area (Å²) >= 11 is 0. The number of carbonyl (C=O) groups is 1. The van der Waals surface area contributed by atoms with Gasteiger partial charge in [-0.05, 0) is 56.9 Å². The van der Waals surface area contributed by atoms with Crippen molar-refractivity contribution < 1.29 is 4.79 Å². The lowest BCUT2D eigenvalue weighted by Gasteiger charge is -2.26. The molecule has 0 bridgehead atoms. The van der Waals surface area contributed by atoms with Crippen LogP contribution in [0, 0.1) is 13.8 Å². The van der Waals surface area contributed by atoms with Gasteiger partial charge >= 0.3 is 0 Å². The van der Waals surface area contributed by atoms with Gasteiger partial charge in [-0.25, -0.2) is 4.98 Å². The molecule has 4 rings (SSSR count). The molecule has 1 aliphatic rings. The lowest BCUT2D eigenvalue weighted by molar-refractivity contribution is 0.0724. The molecule has 0 aliphatic carbocycles. The van der Waals surface area contributed by atoms with Gasteiger partial charge in [0.25, 0.3) is 5.91 Å². The number of aryl methyl sites for hydroxylation is 2. The summed E-state index contributed by atoms with van der Waals surface area (Å²) in [7, 11) is 0. The molecule has 26 heavy (non-hydrogen) atoms. The number of aromatic nitrogens is 2. The second-order valence-corrected chi connectivity index (χ2v) is 7.29. The number of hydrogen-bond acceptors (Lipinski definition) is 2. The zero-order valence-corrected chi connectivity index (χ0v) is 15.5. The van der Waals surface area contributed by atoms with Crippen LogP contribution in [0.1, 0.15) is 46.6 Å². The Morgan fingerprint density at radius 2 is 1.73 bits per heavy atom. The summed E-state index contributed by atoms with van der Waals surface area (Å²) in [4.78, 5) is 19.4. The van der Waals surface area contributed by atoms with Crippen molar-refractivity contribution >= 4 is 16.9 Å². The second-order valence-electron chi connectivity index (χ2n) is 7.29. The molecule has 0 atom stereocenters. The van der Waals surface area contributed by atoms with E-state index in [-0.39, 0.29) is 5.91 Å². The van der Waals surface area contributed by atoms with Gasteiger partial charge in [0.1, 0.15) is 5.82 Å². The quantitative estimate of drug-likeness (QED) is 0.707. The van der Waals surface area contributed by atoms with Gasteiger partial charge in [-0.15, -0.1) is 0 Å². The smallest absolute Gasteiger partial charge is 0.253 e. The molecule has 1 amide bonds. The monoisotopic (exact) mass is 347 g/mol. The molecular formula is C22H25N3O. The van der Waals surface area contributed by atoms with Crippen molar-refractivity contribution in [1.82, 2.24) is 14.5 Å². The Kier molecular flexibility index (Phi) is 4.49. The Labute approximate surface area is 154 Å². The minimum Gasteiger partial charge on any atom is -0.339 e. The second kappa shape index (κ2) is 6.94. The fourth-order valence-corrected chi connectivity index (χ4v) is 3.74. The first kappa shape index (κ1) is 16.8. The summed E-state index contributed by atoms with van der Waals surface area (Å²) in [5.41, 5.74) is 5.25. The minimum atomic E-state index is 0.136. The molecule has 0 unspecified atom stereocenters. The van der Waals surface area contributed by atoms with Crippen molar-refractivity contribution in [1.29, 1.82) is 0 Å². The van der Waals surface area contributed by atoms with Gasteiger partial charge in [-0.3, -0.25) is 4.79 Å². The maximum atomic E-state index is 12.7. The average molecular weight is 347 g/mol. The zero-order valence-electron chi connectivity index (χ0n) is 15.5. The molecule has 0 spiro atoms. The molecule has 2 aromatic carbocycles. The summed E-state index contributed by atoms with van der Waals surface area (Å²) in [6, 6.07) is 14.5. The van der Waals surface area contributed by atoms with E-state index in [9.17, 15) is 4.79 Å². The van der Waals surface area contributed by atoms with Gasteiger partial charge < -0.3 is 9.47 Å². The molecule has 0 saturated carbocycles. The van der Waals surface area contributed by atoms with Crippen molar-refractivity contribution in [2.45, 2.75) is 39.7 Å². The van der Waals surface area contributed by atoms with Crippen molar-refractivity contribution in [3.63, 3.8) is 0 Å². The number of piperidine rings is 1. The summed E-state index contributed by atoms with van der Waals surface area (Å²) in [5, 5.41) is 0. The number of benzene rings is 2. The van der Waals surface area contributed by atoms with Crippen LogP contribution < -0.4 is 0 Å². The zero-order chi connectivity index (χ0) is 18.1. The highest BCUT2D eigenvalue weighted by Gasteiger charge is 2.19. The van der Waals surface area contributed by atoms with E-state index < -0.39 is 0 Å². The highest BCUT2D eigenvalue weighted by atomic mass is 16.2. The van der Waals surface area contributed by atoms with E-state index in [2.05, 4.69) is 35.8 Å². The van der Waals surface area contributed by atoms with Crippen LogP contribution in [0.25, 0.3) is 11.0 Å². The van der Waals surface area contributed by atoms with Crippen LogP contribution in [0.15, 0.2) is 42.5 Å². The van der Waals surface area contributed by atoms with E-state index in [1.165, 1.54) is 17.5 Å². The molecule has 134 valence electrons. The molecule has 1 fully saturated rings. The maximum Gasteiger partial charge on any atom is 0.253 e. The Bertz CT molecular complexity index is 934. The maximum absolute atomic E-state index is 12.7. The van der Waals surface area contributed by atoms with Crippen LogP contribution >= 0.6 is 0 Å². The SMILES string of the molecule is Cc1ccc(Cn2c(C)nc3cc(C(=O)N4CCCCC4)ccc32)cc1. The third-order valence-corrected chi connectivity index (χ3v) is 5.29. The van der Waals surface area contributed by atoms with E-state index in [0.717, 1.165) is 54.9 Å². The van der Waals surface area contributed by atoms with Gasteiger partial charge in [-0.1, -0.05) is 29.8 Å². The van der Waals surface area contributed by atoms with Gasteiger partial charge in [0, 0.05) is 25.2 Å². The Morgan fingerprint density at radius 3 is 2.46 bits per heavy atom. The molecule has 4 nitrogen and oxygen atoms in total. The molecule has 0 N–H and O–H groups in total. The first-order valence-corrected chi connectivity index (χ1v) is 9.43. The first-order valence-electron chi connectivity index (χ1n) is 9.43. The molecule has 2 heterocycles. The van der Waals surface area contributed by atoms with Crippen LogP contribution in [0.4, 0.5) is 0 Å². The predicted molar refractivity (Wildman–Crippen MR) is 105 cm³/mol. The van der Waals surface area contributed by atoms with Gasteiger partial charge in [0.2, 0.25) is 0 Å². The lowest BCUT2D eigenvalue weighted by Crippen LogP contribution is -2.35. The fraction of sp³-hybridized carbons (Fsp3) is 0.364. The summed E-state index contributed by atoms with van der Waals surface area (Å²) in [6.45, 7) is 6.67. The normalized spacial score (nSPS) is 14.8. The largest absolute Gasteiger partial charge is 0.339 e. The number of likely N-dealkylation sites (tertiary alicyclic amines) is 1. The summed E-state index contributed by atoms with van der Waals surface area (Å²) in [5.74, 6) is 1.11. The summed E-state index contributed by atoms with van der Waals surface area (Å²) in [6.07, 6.45) is 3.45. The van der Waals surface area contributed by atoms with Gasteiger partial charge in [0.15, 0.2) is 0 Å². The highest BCUT2D eigenvalue weighted by molar-refractivity contribution is 5.97. The standard InChI is InChI=1S/C22H25N3O/c1-16-6-8-18(9-7-16)15-25-17(2)23-20-14-19(10-11-21(20)25)22(26)24-12-4-3-5-13-24/h6-11,14H,3-5,12-13,15H2,1-2H3. The molecule has 1 aromatic heterocycles. The number of rotatable bonds is 3. The van der Waals surface area contributed by atoms with Crippen molar-refractivity contribution in [2.24, 2.45) is 0 Å². The third kappa shape index (κ3) is 3.24. The molecule has 0 radical (unpaired) electrons. The van der Waals surface area contributed by atoms with Crippen LogP contribution in [0.5, 0.6) is 0 Å². The van der Waals surface area contributed by atoms with Crippen molar-refractivity contribution in [2.75, 3.05) is 13.1 Å². The Balaban J connectivity index is 1.63. The molecule has 4 heteroatoms. The van der Waals surface area contributed by atoms with Crippen LogP contribution in [0.2, 0.25) is 0 Å². The average Bonchev–Trinajstić information content (AvgIpc) is 2.98. The number of imidazole rings is 1.